The van der Waals surface area contributed by atoms with Crippen LogP contribution in [0.2, 0.25) is 0 Å². The Kier molecular flexibility index (Phi) is 14.7. The van der Waals surface area contributed by atoms with Crippen LogP contribution in [0.15, 0.2) is 24.3 Å². The number of halogens is 2. The molecular formula is C52H58Br2O10S2. The van der Waals surface area contributed by atoms with Crippen molar-refractivity contribution in [1.29, 1.82) is 0 Å². The average molecular weight is 1070 g/mol. The second-order valence-corrected chi connectivity index (χ2v) is 21.0. The number of thioether (sulfide) groups is 2. The Morgan fingerprint density at radius 1 is 0.424 bits per heavy atom. The van der Waals surface area contributed by atoms with Crippen LogP contribution in [0.3, 0.4) is 0 Å². The van der Waals surface area contributed by atoms with Gasteiger partial charge in [-0.2, -0.15) is 0 Å². The molecule has 10 nitrogen and oxygen atoms in total. The molecule has 8 bridgehead atoms. The van der Waals surface area contributed by atoms with Crippen molar-refractivity contribution in [1.82, 2.24) is 0 Å². The van der Waals surface area contributed by atoms with Gasteiger partial charge in [0.2, 0.25) is 27.2 Å². The van der Waals surface area contributed by atoms with E-state index in [2.05, 4.69) is 83.8 Å². The first-order valence-corrected chi connectivity index (χ1v) is 27.6. The van der Waals surface area contributed by atoms with Gasteiger partial charge < -0.3 is 37.9 Å². The van der Waals surface area contributed by atoms with Gasteiger partial charge in [-0.15, -0.1) is 0 Å². The molecule has 66 heavy (non-hydrogen) atoms. The highest BCUT2D eigenvalue weighted by atomic mass is 79.9. The number of ether oxygens (including phenoxy) is 8. The van der Waals surface area contributed by atoms with E-state index in [1.54, 1.807) is 13.8 Å². The topological polar surface area (TPSA) is 108 Å². The minimum Gasteiger partial charge on any atom is -0.457 e. The quantitative estimate of drug-likeness (QED) is 0.112. The molecule has 4 aromatic carbocycles. The highest BCUT2D eigenvalue weighted by Gasteiger charge is 2.41. The average Bonchev–Trinajstić information content (AvgIpc) is 3.28. The van der Waals surface area contributed by atoms with Crippen LogP contribution in [0.1, 0.15) is 183 Å². The molecule has 4 unspecified atom stereocenters. The third-order valence-corrected chi connectivity index (χ3v) is 16.4. The summed E-state index contributed by atoms with van der Waals surface area (Å²) in [6, 6.07) is 9.38. The first kappa shape index (κ1) is 47.4. The van der Waals surface area contributed by atoms with Crippen LogP contribution in [0.4, 0.5) is 0 Å². The lowest BCUT2D eigenvalue weighted by atomic mass is 9.74. The van der Waals surface area contributed by atoms with Gasteiger partial charge in [0, 0.05) is 126 Å². The number of hydrogen-bond donors (Lipinski definition) is 0. The predicted octanol–water partition coefficient (Wildman–Crippen LogP) is 14.0. The Morgan fingerprint density at radius 2 is 0.636 bits per heavy atom. The molecule has 0 fully saturated rings. The van der Waals surface area contributed by atoms with Gasteiger partial charge in [-0.1, -0.05) is 109 Å². The largest absolute Gasteiger partial charge is 0.457 e. The van der Waals surface area contributed by atoms with Crippen molar-refractivity contribution in [3.63, 3.8) is 0 Å². The third kappa shape index (κ3) is 8.46. The summed E-state index contributed by atoms with van der Waals surface area (Å²) in [7, 11) is 0. The maximum atomic E-state index is 12.8. The van der Waals surface area contributed by atoms with Crippen molar-refractivity contribution in [2.24, 2.45) is 0 Å². The zero-order valence-corrected chi connectivity index (χ0v) is 43.4. The molecule has 1 aliphatic carbocycles. The Hall–Kier alpha value is -3.72. The van der Waals surface area contributed by atoms with Crippen LogP contribution in [-0.4, -0.2) is 37.4 Å². The standard InChI is InChI=1S/C52H58Br2O10S2/c1-7-11-29-33-15-34-30(12-8-2)39-18-40-32(14-10-4)36-16-35-31(13-9-3)38-17-37(29)49-43(21-65-27(5)55)50(38)62-25-59-47(35)42(20-54)48(36)60-26-64-52(40)44(22-66-28(6)56)51(39)63-24-58-46(34)41(19-53)45(33)57-23-61-49/h15-18,29-32H,7-14,19-26H2,1-6H3. The lowest BCUT2D eigenvalue weighted by Gasteiger charge is -2.37. The summed E-state index contributed by atoms with van der Waals surface area (Å²) < 4.78 is 54.5. The third-order valence-electron chi connectivity index (χ3n) is 13.6. The first-order chi connectivity index (χ1) is 32.2. The highest BCUT2D eigenvalue weighted by Crippen LogP contribution is 2.59. The summed E-state index contributed by atoms with van der Waals surface area (Å²) in [4.78, 5) is 25.7. The van der Waals surface area contributed by atoms with Gasteiger partial charge in [0.25, 0.3) is 0 Å². The van der Waals surface area contributed by atoms with Crippen LogP contribution >= 0.6 is 55.4 Å². The van der Waals surface area contributed by atoms with Crippen molar-refractivity contribution in [2.45, 2.75) is 139 Å². The van der Waals surface area contributed by atoms with Crippen LogP contribution in [-0.2, 0) is 31.8 Å². The maximum Gasteiger partial charge on any atom is 0.230 e. The van der Waals surface area contributed by atoms with Crippen LogP contribution in [0.25, 0.3) is 0 Å². The zero-order chi connectivity index (χ0) is 46.2. The van der Waals surface area contributed by atoms with Crippen molar-refractivity contribution >= 4 is 65.6 Å². The normalized spacial score (nSPS) is 19.4. The van der Waals surface area contributed by atoms with Gasteiger partial charge in [0.05, 0.1) is 0 Å². The molecule has 5 aliphatic rings. The molecule has 352 valence electrons. The zero-order valence-electron chi connectivity index (χ0n) is 38.6. The molecule has 0 N–H and O–H groups in total. The van der Waals surface area contributed by atoms with Gasteiger partial charge in [-0.25, -0.2) is 0 Å². The van der Waals surface area contributed by atoms with Crippen molar-refractivity contribution < 1.29 is 47.5 Å². The fourth-order valence-corrected chi connectivity index (χ4v) is 13.2. The molecule has 0 saturated heterocycles. The molecule has 4 heterocycles. The summed E-state index contributed by atoms with van der Waals surface area (Å²) >= 11 is 10.3. The summed E-state index contributed by atoms with van der Waals surface area (Å²) in [5.41, 5.74) is 11.9. The molecule has 14 heteroatoms. The monoisotopic (exact) mass is 1060 g/mol. The van der Waals surface area contributed by atoms with Gasteiger partial charge in [-0.3, -0.25) is 9.59 Å². The van der Waals surface area contributed by atoms with Gasteiger partial charge in [0.15, 0.2) is 10.2 Å². The van der Waals surface area contributed by atoms with E-state index in [-0.39, 0.29) is 61.1 Å². The Labute approximate surface area is 413 Å². The van der Waals surface area contributed by atoms with Crippen molar-refractivity contribution in [2.75, 3.05) is 27.2 Å². The van der Waals surface area contributed by atoms with E-state index in [1.165, 1.54) is 23.5 Å². The van der Waals surface area contributed by atoms with E-state index in [1.807, 2.05) is 0 Å². The molecule has 4 aromatic rings. The summed E-state index contributed by atoms with van der Waals surface area (Å²) in [6.07, 6.45) is 6.76. The SMILES string of the molecule is CCCC1c2cc3c4c(CBr)c2OCOc2c1cc1c(c2CSC(C)=O)OCOc2c(cc5c(c2CBr)OCOc2c(cc(c(c2CSC(C)=O)OCO4)C3CCC)C5CCC)C1CCC. The van der Waals surface area contributed by atoms with E-state index in [0.717, 1.165) is 141 Å². The van der Waals surface area contributed by atoms with Crippen LogP contribution in [0.5, 0.6) is 46.0 Å². The second kappa shape index (κ2) is 20.5. The first-order valence-electron chi connectivity index (χ1n) is 23.4. The molecule has 4 atom stereocenters. The number of alkyl halides is 2. The number of benzene rings is 4. The number of carbonyl (C=O) groups excluding carboxylic acids is 2. The van der Waals surface area contributed by atoms with Crippen molar-refractivity contribution in [3.05, 3.63) is 91.0 Å². The molecule has 4 aliphatic heterocycles. The van der Waals surface area contributed by atoms with Gasteiger partial charge >= 0.3 is 0 Å². The fourth-order valence-electron chi connectivity index (χ4n) is 10.9. The summed E-state index contributed by atoms with van der Waals surface area (Å²) in [6.45, 7) is 11.8. The van der Waals surface area contributed by atoms with E-state index in [0.29, 0.717) is 45.2 Å². The van der Waals surface area contributed by atoms with E-state index < -0.39 is 0 Å². The highest BCUT2D eigenvalue weighted by molar-refractivity contribution is 9.08. The Bertz CT molecular complexity index is 2230. The minimum atomic E-state index is -0.160. The molecular weight excluding hydrogens is 1010 g/mol. The van der Waals surface area contributed by atoms with E-state index >= 15 is 0 Å². The number of hydrogen-bond acceptors (Lipinski definition) is 12. The molecule has 9 rings (SSSR count). The van der Waals surface area contributed by atoms with Crippen LogP contribution < -0.4 is 37.9 Å². The molecule has 0 amide bonds. The number of rotatable bonds is 14. The van der Waals surface area contributed by atoms with E-state index in [4.69, 9.17) is 37.9 Å². The maximum absolute atomic E-state index is 12.8. The lowest BCUT2D eigenvalue weighted by molar-refractivity contribution is -0.109. The summed E-state index contributed by atoms with van der Waals surface area (Å²) in [5.74, 6) is 5.80. The minimum absolute atomic E-state index is 0.00827. The molecule has 0 radical (unpaired) electrons. The lowest BCUT2D eigenvalue weighted by Crippen LogP contribution is -2.25. The number of carbonyl (C=O) groups is 2. The Balaban J connectivity index is 1.50. The molecule has 0 saturated carbocycles. The Morgan fingerprint density at radius 3 is 0.818 bits per heavy atom. The molecule has 0 aromatic heterocycles. The summed E-state index contributed by atoms with van der Waals surface area (Å²) in [5, 5.41) is 0.961. The van der Waals surface area contributed by atoms with E-state index in [9.17, 15) is 9.59 Å². The predicted molar refractivity (Wildman–Crippen MR) is 266 cm³/mol. The fraction of sp³-hybridized carbons (Fsp3) is 0.500. The van der Waals surface area contributed by atoms with Gasteiger partial charge in [-0.05, 0) is 49.9 Å². The van der Waals surface area contributed by atoms with Crippen LogP contribution in [0, 0.1) is 0 Å². The second-order valence-electron chi connectivity index (χ2n) is 17.6. The molecule has 0 spiro atoms. The smallest absolute Gasteiger partial charge is 0.230 e. The van der Waals surface area contributed by atoms with Gasteiger partial charge in [0.1, 0.15) is 46.0 Å². The van der Waals surface area contributed by atoms with Crippen molar-refractivity contribution in [3.8, 4) is 46.0 Å².